The number of carboxylic acid groups (broad SMARTS) is 1. The van der Waals surface area contributed by atoms with Crippen molar-refractivity contribution in [2.45, 2.75) is 31.9 Å². The van der Waals surface area contributed by atoms with Gasteiger partial charge in [-0.15, -0.1) is 0 Å². The molecule has 0 aromatic rings. The number of carbonyl (C=O) groups is 1. The van der Waals surface area contributed by atoms with Crippen LogP contribution in [0.2, 0.25) is 0 Å². The maximum Gasteiger partial charge on any atom is 0.306 e. The molecule has 0 saturated heterocycles. The van der Waals surface area contributed by atoms with Crippen LogP contribution in [0.5, 0.6) is 0 Å². The standard InChI is InChI=1S/C9H19NO4/c1-3-7(6-14-2)10-5-8(11)4-9(12)13/h7-8,10-11H,3-6H2,1-2H3,(H,12,13). The predicted molar refractivity (Wildman–Crippen MR) is 52.2 cm³/mol. The fourth-order valence-corrected chi connectivity index (χ4v) is 1.10. The number of aliphatic hydroxyl groups is 1. The third-order valence-corrected chi connectivity index (χ3v) is 1.91. The van der Waals surface area contributed by atoms with E-state index in [0.717, 1.165) is 6.42 Å². The molecule has 0 aromatic carbocycles. The fraction of sp³-hybridized carbons (Fsp3) is 0.889. The molecule has 0 saturated carbocycles. The second kappa shape index (κ2) is 7.73. The van der Waals surface area contributed by atoms with E-state index in [9.17, 15) is 9.90 Å². The van der Waals surface area contributed by atoms with E-state index in [4.69, 9.17) is 9.84 Å². The van der Waals surface area contributed by atoms with E-state index < -0.39 is 12.1 Å². The summed E-state index contributed by atoms with van der Waals surface area (Å²) in [5.74, 6) is -0.987. The van der Waals surface area contributed by atoms with Gasteiger partial charge in [-0.3, -0.25) is 4.79 Å². The van der Waals surface area contributed by atoms with E-state index in [-0.39, 0.29) is 19.0 Å². The highest BCUT2D eigenvalue weighted by atomic mass is 16.5. The van der Waals surface area contributed by atoms with Crippen molar-refractivity contribution in [2.24, 2.45) is 0 Å². The molecular formula is C9H19NO4. The summed E-state index contributed by atoms with van der Waals surface area (Å²) in [5.41, 5.74) is 0. The van der Waals surface area contributed by atoms with Crippen molar-refractivity contribution in [1.82, 2.24) is 5.32 Å². The molecule has 0 aliphatic carbocycles. The molecule has 5 nitrogen and oxygen atoms in total. The summed E-state index contributed by atoms with van der Waals surface area (Å²) < 4.78 is 4.95. The van der Waals surface area contributed by atoms with Crippen molar-refractivity contribution in [3.8, 4) is 0 Å². The van der Waals surface area contributed by atoms with Crippen molar-refractivity contribution in [1.29, 1.82) is 0 Å². The number of aliphatic hydroxyl groups excluding tert-OH is 1. The minimum absolute atomic E-state index is 0.170. The predicted octanol–water partition coefficient (Wildman–Crippen LogP) is -0.163. The minimum Gasteiger partial charge on any atom is -0.481 e. The van der Waals surface area contributed by atoms with Gasteiger partial charge in [0.2, 0.25) is 0 Å². The molecule has 84 valence electrons. The van der Waals surface area contributed by atoms with E-state index in [1.54, 1.807) is 7.11 Å². The number of hydrogen-bond donors (Lipinski definition) is 3. The van der Waals surface area contributed by atoms with Crippen LogP contribution in [0.15, 0.2) is 0 Å². The number of ether oxygens (including phenoxy) is 1. The lowest BCUT2D eigenvalue weighted by Gasteiger charge is -2.17. The molecule has 0 radical (unpaired) electrons. The van der Waals surface area contributed by atoms with Crippen LogP contribution in [-0.2, 0) is 9.53 Å². The molecule has 5 heteroatoms. The largest absolute Gasteiger partial charge is 0.481 e. The molecule has 0 spiro atoms. The molecule has 0 fully saturated rings. The summed E-state index contributed by atoms with van der Waals surface area (Å²) in [5, 5.41) is 20.7. The summed E-state index contributed by atoms with van der Waals surface area (Å²) in [7, 11) is 1.61. The molecule has 3 N–H and O–H groups in total. The lowest BCUT2D eigenvalue weighted by atomic mass is 10.2. The first-order chi connectivity index (χ1) is 6.60. The number of hydrogen-bond acceptors (Lipinski definition) is 4. The van der Waals surface area contributed by atoms with Crippen LogP contribution in [0.3, 0.4) is 0 Å². The normalized spacial score (nSPS) is 15.1. The first-order valence-electron chi connectivity index (χ1n) is 4.72. The van der Waals surface area contributed by atoms with Gasteiger partial charge in [-0.25, -0.2) is 0 Å². The van der Waals surface area contributed by atoms with Gasteiger partial charge in [0.1, 0.15) is 0 Å². The quantitative estimate of drug-likeness (QED) is 0.513. The van der Waals surface area contributed by atoms with Crippen LogP contribution >= 0.6 is 0 Å². The first-order valence-corrected chi connectivity index (χ1v) is 4.72. The zero-order chi connectivity index (χ0) is 11.0. The molecule has 0 aliphatic heterocycles. The van der Waals surface area contributed by atoms with Gasteiger partial charge in [-0.2, -0.15) is 0 Å². The molecule has 0 amide bonds. The Morgan fingerprint density at radius 3 is 2.64 bits per heavy atom. The van der Waals surface area contributed by atoms with Crippen molar-refractivity contribution in [2.75, 3.05) is 20.3 Å². The Bertz CT molecular complexity index is 163. The second-order valence-corrected chi connectivity index (χ2v) is 3.22. The lowest BCUT2D eigenvalue weighted by Crippen LogP contribution is -2.38. The molecule has 0 aliphatic rings. The van der Waals surface area contributed by atoms with Crippen LogP contribution in [0.25, 0.3) is 0 Å². The van der Waals surface area contributed by atoms with E-state index >= 15 is 0 Å². The van der Waals surface area contributed by atoms with Gasteiger partial charge in [0.25, 0.3) is 0 Å². The molecule has 14 heavy (non-hydrogen) atoms. The van der Waals surface area contributed by atoms with Gasteiger partial charge >= 0.3 is 5.97 Å². The monoisotopic (exact) mass is 205 g/mol. The molecule has 2 unspecified atom stereocenters. The summed E-state index contributed by atoms with van der Waals surface area (Å²) in [6.45, 7) is 2.85. The second-order valence-electron chi connectivity index (χ2n) is 3.22. The lowest BCUT2D eigenvalue weighted by molar-refractivity contribution is -0.139. The van der Waals surface area contributed by atoms with Gasteiger partial charge < -0.3 is 20.3 Å². The van der Waals surface area contributed by atoms with Crippen molar-refractivity contribution < 1.29 is 19.7 Å². The molecule has 2 atom stereocenters. The SMILES string of the molecule is CCC(COC)NCC(O)CC(=O)O. The van der Waals surface area contributed by atoms with Gasteiger partial charge in [0, 0.05) is 19.7 Å². The highest BCUT2D eigenvalue weighted by molar-refractivity contribution is 5.67. The van der Waals surface area contributed by atoms with Gasteiger partial charge in [0.05, 0.1) is 19.1 Å². The van der Waals surface area contributed by atoms with E-state index in [1.165, 1.54) is 0 Å². The third kappa shape index (κ3) is 6.82. The molecule has 0 bridgehead atoms. The number of rotatable bonds is 8. The summed E-state index contributed by atoms with van der Waals surface area (Å²) in [4.78, 5) is 10.2. The van der Waals surface area contributed by atoms with Crippen LogP contribution in [0.1, 0.15) is 19.8 Å². The van der Waals surface area contributed by atoms with Gasteiger partial charge in [-0.05, 0) is 6.42 Å². The zero-order valence-corrected chi connectivity index (χ0v) is 8.69. The van der Waals surface area contributed by atoms with Crippen LogP contribution in [0.4, 0.5) is 0 Å². The smallest absolute Gasteiger partial charge is 0.306 e. The van der Waals surface area contributed by atoms with E-state index in [2.05, 4.69) is 5.32 Å². The molecular weight excluding hydrogens is 186 g/mol. The van der Waals surface area contributed by atoms with E-state index in [1.807, 2.05) is 6.92 Å². The Hall–Kier alpha value is -0.650. The van der Waals surface area contributed by atoms with E-state index in [0.29, 0.717) is 6.61 Å². The van der Waals surface area contributed by atoms with Crippen molar-refractivity contribution >= 4 is 5.97 Å². The summed E-state index contributed by atoms with van der Waals surface area (Å²) in [6.07, 6.45) is -0.178. The highest BCUT2D eigenvalue weighted by Crippen LogP contribution is 1.94. The summed E-state index contributed by atoms with van der Waals surface area (Å²) in [6, 6.07) is 0.170. The Morgan fingerprint density at radius 2 is 2.21 bits per heavy atom. The number of aliphatic carboxylic acids is 1. The molecule has 0 heterocycles. The Balaban J connectivity index is 3.61. The number of nitrogens with one attached hydrogen (secondary N) is 1. The summed E-state index contributed by atoms with van der Waals surface area (Å²) >= 11 is 0. The van der Waals surface area contributed by atoms with Gasteiger partial charge in [0.15, 0.2) is 0 Å². The average Bonchev–Trinajstić information content (AvgIpc) is 2.11. The topological polar surface area (TPSA) is 78.8 Å². The van der Waals surface area contributed by atoms with Crippen LogP contribution < -0.4 is 5.32 Å². The number of carboxylic acids is 1. The van der Waals surface area contributed by atoms with Crippen LogP contribution in [-0.4, -0.2) is 48.6 Å². The maximum absolute atomic E-state index is 10.2. The zero-order valence-electron chi connectivity index (χ0n) is 8.69. The Morgan fingerprint density at radius 1 is 1.57 bits per heavy atom. The fourth-order valence-electron chi connectivity index (χ4n) is 1.10. The Labute approximate surface area is 84.1 Å². The van der Waals surface area contributed by atoms with Crippen molar-refractivity contribution in [3.63, 3.8) is 0 Å². The highest BCUT2D eigenvalue weighted by Gasteiger charge is 2.11. The molecule has 0 aromatic heterocycles. The average molecular weight is 205 g/mol. The minimum atomic E-state index is -0.987. The van der Waals surface area contributed by atoms with Crippen LogP contribution in [0, 0.1) is 0 Å². The van der Waals surface area contributed by atoms with Crippen molar-refractivity contribution in [3.05, 3.63) is 0 Å². The molecule has 0 rings (SSSR count). The maximum atomic E-state index is 10.2. The van der Waals surface area contributed by atoms with Gasteiger partial charge in [-0.1, -0.05) is 6.92 Å². The number of methoxy groups -OCH3 is 1. The first kappa shape index (κ1) is 13.4. The third-order valence-electron chi connectivity index (χ3n) is 1.91. The Kier molecular flexibility index (Phi) is 7.37.